The fourth-order valence-corrected chi connectivity index (χ4v) is 6.26. The molecule has 5 atom stereocenters. The zero-order chi connectivity index (χ0) is 25.2. The third-order valence-corrected chi connectivity index (χ3v) is 8.18. The van der Waals surface area contributed by atoms with E-state index in [1.807, 2.05) is 11.6 Å². The topological polar surface area (TPSA) is 71.1 Å². The maximum atomic E-state index is 14.2. The molecule has 3 unspecified atom stereocenters. The maximum absolute atomic E-state index is 14.2. The molecule has 12 heteroatoms. The fourth-order valence-electron chi connectivity index (χ4n) is 4.79. The van der Waals surface area contributed by atoms with Gasteiger partial charge in [0.2, 0.25) is 5.91 Å². The molecule has 0 aliphatic carbocycles. The number of piperidine rings is 1. The van der Waals surface area contributed by atoms with Crippen LogP contribution in [-0.2, 0) is 27.1 Å². The molecule has 1 N–H and O–H groups in total. The summed E-state index contributed by atoms with van der Waals surface area (Å²) in [5, 5.41) is 2.91. The number of amides is 3. The molecule has 35 heavy (non-hydrogen) atoms. The van der Waals surface area contributed by atoms with Crippen LogP contribution in [0.3, 0.4) is 0 Å². The number of nitrogens with zero attached hydrogens (tertiary/aromatic N) is 2. The monoisotopic (exact) mass is 519 g/mol. The van der Waals surface area contributed by atoms with E-state index in [4.69, 9.17) is 9.47 Å². The Labute approximate surface area is 203 Å². The summed E-state index contributed by atoms with van der Waals surface area (Å²) < 4.78 is 65.8. The Bertz CT molecular complexity index is 935. The molecule has 0 saturated carbocycles. The second-order valence-electron chi connectivity index (χ2n) is 9.14. The van der Waals surface area contributed by atoms with Crippen molar-refractivity contribution >= 4 is 20.7 Å². The van der Waals surface area contributed by atoms with E-state index in [1.54, 1.807) is 4.90 Å². The summed E-state index contributed by atoms with van der Waals surface area (Å²) in [6.07, 6.45) is -1.36. The summed E-state index contributed by atoms with van der Waals surface area (Å²) in [6, 6.07) is 2.15. The van der Waals surface area contributed by atoms with Crippen molar-refractivity contribution in [3.8, 4) is 0 Å². The van der Waals surface area contributed by atoms with Gasteiger partial charge in [-0.05, 0) is 52.7 Å². The smallest absolute Gasteiger partial charge is 0.373 e. The third kappa shape index (κ3) is 6.24. The second kappa shape index (κ2) is 11.0. The molecular formula is C23H30F4N3O4P. The van der Waals surface area contributed by atoms with Gasteiger partial charge in [0.05, 0.1) is 30.4 Å². The Balaban J connectivity index is 1.32. The van der Waals surface area contributed by atoms with Crippen LogP contribution in [0, 0.1) is 5.82 Å². The molecule has 3 fully saturated rings. The summed E-state index contributed by atoms with van der Waals surface area (Å²) in [6.45, 7) is 2.81. The SMILES string of the molecule is CCC(CC1CCPN1C(=O)N1CC[C@@H]2OCC(=O)N[C@@H]2C1)OCc1ccc(C(F)(F)F)cc1F. The lowest BCUT2D eigenvalue weighted by Gasteiger charge is -2.42. The van der Waals surface area contributed by atoms with Gasteiger partial charge in [0.25, 0.3) is 0 Å². The number of hydrogen-bond donors (Lipinski definition) is 1. The minimum absolute atomic E-state index is 0.0295. The number of alkyl halides is 3. The van der Waals surface area contributed by atoms with Crippen LogP contribution in [0.4, 0.5) is 22.4 Å². The van der Waals surface area contributed by atoms with Gasteiger partial charge in [0, 0.05) is 24.7 Å². The predicted octanol–water partition coefficient (Wildman–Crippen LogP) is 3.91. The summed E-state index contributed by atoms with van der Waals surface area (Å²) >= 11 is 0. The lowest BCUT2D eigenvalue weighted by Crippen LogP contribution is -2.62. The molecule has 7 nitrogen and oxygen atoms in total. The molecule has 3 amide bonds. The van der Waals surface area contributed by atoms with Crippen molar-refractivity contribution in [2.45, 2.75) is 69.7 Å². The highest BCUT2D eigenvalue weighted by Crippen LogP contribution is 2.37. The van der Waals surface area contributed by atoms with Crippen molar-refractivity contribution < 1.29 is 36.6 Å². The Morgan fingerprint density at radius 2 is 2.14 bits per heavy atom. The van der Waals surface area contributed by atoms with Crippen LogP contribution < -0.4 is 5.32 Å². The molecule has 0 spiro atoms. The van der Waals surface area contributed by atoms with Crippen molar-refractivity contribution in [2.75, 3.05) is 25.9 Å². The van der Waals surface area contributed by atoms with Crippen molar-refractivity contribution in [2.24, 2.45) is 0 Å². The number of carbonyl (C=O) groups is 2. The third-order valence-electron chi connectivity index (χ3n) is 6.77. The quantitative estimate of drug-likeness (QED) is 0.457. The Morgan fingerprint density at radius 3 is 2.86 bits per heavy atom. The van der Waals surface area contributed by atoms with Crippen LogP contribution in [0.15, 0.2) is 18.2 Å². The molecule has 4 rings (SSSR count). The lowest BCUT2D eigenvalue weighted by molar-refractivity contribution is -0.139. The first-order chi connectivity index (χ1) is 16.7. The van der Waals surface area contributed by atoms with Crippen LogP contribution >= 0.6 is 8.73 Å². The van der Waals surface area contributed by atoms with E-state index in [2.05, 4.69) is 5.32 Å². The highest BCUT2D eigenvalue weighted by atomic mass is 31.1. The zero-order valence-corrected chi connectivity index (χ0v) is 20.4. The van der Waals surface area contributed by atoms with Gasteiger partial charge < -0.3 is 24.4 Å². The van der Waals surface area contributed by atoms with Gasteiger partial charge in [-0.15, -0.1) is 0 Å². The predicted molar refractivity (Wildman–Crippen MR) is 122 cm³/mol. The molecule has 0 radical (unpaired) electrons. The van der Waals surface area contributed by atoms with Crippen molar-refractivity contribution in [3.63, 3.8) is 0 Å². The molecule has 3 aliphatic rings. The zero-order valence-electron chi connectivity index (χ0n) is 19.4. The number of halogens is 4. The van der Waals surface area contributed by atoms with E-state index in [-0.39, 0.29) is 55.0 Å². The van der Waals surface area contributed by atoms with E-state index < -0.39 is 17.6 Å². The van der Waals surface area contributed by atoms with E-state index in [1.165, 1.54) is 0 Å². The lowest BCUT2D eigenvalue weighted by atomic mass is 10.0. The van der Waals surface area contributed by atoms with Gasteiger partial charge in [-0.2, -0.15) is 13.2 Å². The van der Waals surface area contributed by atoms with Gasteiger partial charge in [-0.25, -0.2) is 9.18 Å². The Morgan fingerprint density at radius 1 is 1.34 bits per heavy atom. The number of urea groups is 1. The fraction of sp³-hybridized carbons (Fsp3) is 0.652. The minimum Gasteiger partial charge on any atom is -0.373 e. The van der Waals surface area contributed by atoms with Crippen molar-refractivity contribution in [3.05, 3.63) is 35.1 Å². The molecule has 0 bridgehead atoms. The average molecular weight is 519 g/mol. The molecule has 1 aromatic carbocycles. The van der Waals surface area contributed by atoms with E-state index in [0.29, 0.717) is 47.1 Å². The van der Waals surface area contributed by atoms with Gasteiger partial charge >= 0.3 is 12.2 Å². The van der Waals surface area contributed by atoms with Crippen molar-refractivity contribution in [1.82, 2.24) is 14.9 Å². The number of rotatable bonds is 6. The van der Waals surface area contributed by atoms with E-state index in [9.17, 15) is 27.2 Å². The number of ether oxygens (including phenoxy) is 2. The average Bonchev–Trinajstić information content (AvgIpc) is 3.28. The first-order valence-electron chi connectivity index (χ1n) is 11.9. The standard InChI is InChI=1S/C23H30F4N3O4P/c1-2-17(33-12-14-3-4-15(9-18(14)24)23(25,26)27)10-16-6-8-35-30(16)22(32)29-7-5-20-19(11-29)28-21(31)13-34-20/h3-4,9,16-17,19-20,35H,2,5-8,10-13H2,1H3,(H,28,31)/t16?,17?,19-,20+/m1/s1. The highest BCUT2D eigenvalue weighted by molar-refractivity contribution is 7.36. The molecule has 3 heterocycles. The number of likely N-dealkylation sites (tertiary alicyclic amines) is 1. The van der Waals surface area contributed by atoms with Gasteiger partial charge in [0.15, 0.2) is 0 Å². The first kappa shape index (κ1) is 26.1. The first-order valence-corrected chi connectivity index (χ1v) is 13.0. The summed E-state index contributed by atoms with van der Waals surface area (Å²) in [4.78, 5) is 26.7. The molecule has 1 aromatic rings. The van der Waals surface area contributed by atoms with Crippen LogP contribution in [0.25, 0.3) is 0 Å². The van der Waals surface area contributed by atoms with E-state index >= 15 is 0 Å². The van der Waals surface area contributed by atoms with Gasteiger partial charge in [-0.3, -0.25) is 4.79 Å². The van der Waals surface area contributed by atoms with Crippen molar-refractivity contribution in [1.29, 1.82) is 0 Å². The summed E-state index contributed by atoms with van der Waals surface area (Å²) in [5.74, 6) is -1.12. The maximum Gasteiger partial charge on any atom is 0.416 e. The highest BCUT2D eigenvalue weighted by Gasteiger charge is 2.40. The van der Waals surface area contributed by atoms with Crippen LogP contribution in [0.2, 0.25) is 0 Å². The van der Waals surface area contributed by atoms with Crippen LogP contribution in [0.1, 0.15) is 43.7 Å². The minimum atomic E-state index is -4.60. The number of morpholine rings is 1. The number of nitrogens with one attached hydrogen (secondary N) is 1. The number of carbonyl (C=O) groups excluding carboxylic acids is 2. The van der Waals surface area contributed by atoms with E-state index in [0.717, 1.165) is 24.7 Å². The second-order valence-corrected chi connectivity index (χ2v) is 10.4. The molecule has 0 aromatic heterocycles. The van der Waals surface area contributed by atoms with Gasteiger partial charge in [0.1, 0.15) is 12.4 Å². The molecule has 194 valence electrons. The summed E-state index contributed by atoms with van der Waals surface area (Å²) in [5.41, 5.74) is -0.965. The normalized spacial score (nSPS) is 26.5. The molecule has 3 saturated heterocycles. The van der Waals surface area contributed by atoms with Crippen LogP contribution in [0.5, 0.6) is 0 Å². The molecular weight excluding hydrogens is 489 g/mol. The summed E-state index contributed by atoms with van der Waals surface area (Å²) in [7, 11) is 0.349. The molecule has 3 aliphatic heterocycles. The number of fused-ring (bicyclic) bond motifs is 1. The van der Waals surface area contributed by atoms with Crippen LogP contribution in [-0.4, -0.2) is 71.7 Å². The van der Waals surface area contributed by atoms with Gasteiger partial charge in [-0.1, -0.05) is 13.0 Å². The largest absolute Gasteiger partial charge is 0.416 e. The number of hydrogen-bond acceptors (Lipinski definition) is 4. The number of benzene rings is 1. The Hall–Kier alpha value is -1.97. The Kier molecular flexibility index (Phi) is 8.18.